The van der Waals surface area contributed by atoms with Crippen LogP contribution in [0.1, 0.15) is 31.2 Å². The molecule has 1 aromatic rings. The van der Waals surface area contributed by atoms with Crippen molar-refractivity contribution in [2.24, 2.45) is 0 Å². The van der Waals surface area contributed by atoms with E-state index < -0.39 is 0 Å². The maximum Gasteiger partial charge on any atom is 0.123 e. The van der Waals surface area contributed by atoms with Gasteiger partial charge in [-0.05, 0) is 63.0 Å². The molecule has 0 spiro atoms. The number of halogens is 1. The molecule has 1 atom stereocenters. The summed E-state index contributed by atoms with van der Waals surface area (Å²) in [6.45, 7) is 3.22. The van der Waals surface area contributed by atoms with E-state index in [0.29, 0.717) is 6.04 Å². The molecule has 18 heavy (non-hydrogen) atoms. The molecule has 2 nitrogen and oxygen atoms in total. The van der Waals surface area contributed by atoms with Crippen LogP contribution in [0.15, 0.2) is 24.3 Å². The Bertz CT molecular complexity index is 331. The lowest BCUT2D eigenvalue weighted by Crippen LogP contribution is -2.36. The van der Waals surface area contributed by atoms with E-state index in [1.165, 1.54) is 49.9 Å². The summed E-state index contributed by atoms with van der Waals surface area (Å²) in [5, 5.41) is 7.01. The second kappa shape index (κ2) is 7.49. The second-order valence-electron chi connectivity index (χ2n) is 5.06. The summed E-state index contributed by atoms with van der Waals surface area (Å²) in [6.07, 6.45) is 6.20. The van der Waals surface area contributed by atoms with E-state index in [9.17, 15) is 4.39 Å². The fourth-order valence-corrected chi connectivity index (χ4v) is 2.46. The normalized spacial score (nSPS) is 19.9. The molecule has 1 aliphatic heterocycles. The molecule has 3 heteroatoms. The number of benzene rings is 1. The van der Waals surface area contributed by atoms with Gasteiger partial charge in [0.1, 0.15) is 5.82 Å². The first-order valence-corrected chi connectivity index (χ1v) is 7.03. The molecule has 0 bridgehead atoms. The largest absolute Gasteiger partial charge is 0.316 e. The molecule has 0 saturated carbocycles. The molecule has 0 amide bonds. The Hall–Kier alpha value is -0.930. The lowest BCUT2D eigenvalue weighted by molar-refractivity contribution is 0.377. The number of piperidine rings is 1. The Kier molecular flexibility index (Phi) is 5.62. The van der Waals surface area contributed by atoms with Gasteiger partial charge in [-0.25, -0.2) is 4.39 Å². The molecular weight excluding hydrogens is 227 g/mol. The van der Waals surface area contributed by atoms with Crippen LogP contribution in [0, 0.1) is 5.82 Å². The molecule has 0 aliphatic carbocycles. The molecule has 1 saturated heterocycles. The maximum absolute atomic E-state index is 12.7. The highest BCUT2D eigenvalue weighted by Crippen LogP contribution is 2.09. The lowest BCUT2D eigenvalue weighted by atomic mass is 10.0. The Morgan fingerprint density at radius 2 is 2.00 bits per heavy atom. The number of nitrogens with one attached hydrogen (secondary N) is 2. The van der Waals surface area contributed by atoms with Crippen LogP contribution >= 0.6 is 0 Å². The van der Waals surface area contributed by atoms with Crippen molar-refractivity contribution in [1.29, 1.82) is 0 Å². The topological polar surface area (TPSA) is 24.1 Å². The van der Waals surface area contributed by atoms with Crippen LogP contribution in [0.25, 0.3) is 0 Å². The Morgan fingerprint density at radius 1 is 1.17 bits per heavy atom. The molecule has 2 N–H and O–H groups in total. The highest BCUT2D eigenvalue weighted by Gasteiger charge is 2.11. The van der Waals surface area contributed by atoms with Gasteiger partial charge in [-0.1, -0.05) is 18.6 Å². The fraction of sp³-hybridized carbons (Fsp3) is 0.600. The van der Waals surface area contributed by atoms with Crippen LogP contribution in [0.5, 0.6) is 0 Å². The van der Waals surface area contributed by atoms with Crippen molar-refractivity contribution in [1.82, 2.24) is 10.6 Å². The van der Waals surface area contributed by atoms with E-state index in [1.807, 2.05) is 12.1 Å². The minimum absolute atomic E-state index is 0.157. The standard InChI is InChI=1S/C15H23FN2/c16-14-6-4-13(5-7-14)8-11-17-12-9-15-3-1-2-10-18-15/h4-7,15,17-18H,1-3,8-12H2. The molecule has 2 rings (SSSR count). The zero-order chi connectivity index (χ0) is 12.6. The van der Waals surface area contributed by atoms with Crippen LogP contribution in [-0.4, -0.2) is 25.7 Å². The predicted octanol–water partition coefficient (Wildman–Crippen LogP) is 2.49. The predicted molar refractivity (Wildman–Crippen MR) is 73.2 cm³/mol. The zero-order valence-electron chi connectivity index (χ0n) is 10.9. The third kappa shape index (κ3) is 4.75. The summed E-state index contributed by atoms with van der Waals surface area (Å²) >= 11 is 0. The number of rotatable bonds is 6. The van der Waals surface area contributed by atoms with Gasteiger partial charge in [0, 0.05) is 6.04 Å². The van der Waals surface area contributed by atoms with Crippen molar-refractivity contribution in [2.45, 2.75) is 38.1 Å². The minimum Gasteiger partial charge on any atom is -0.316 e. The summed E-state index contributed by atoms with van der Waals surface area (Å²) in [5.41, 5.74) is 1.19. The molecule has 0 radical (unpaired) electrons. The van der Waals surface area contributed by atoms with E-state index in [1.54, 1.807) is 0 Å². The first kappa shape index (κ1) is 13.5. The Morgan fingerprint density at radius 3 is 2.72 bits per heavy atom. The summed E-state index contributed by atoms with van der Waals surface area (Å²) in [4.78, 5) is 0. The van der Waals surface area contributed by atoms with Crippen LogP contribution in [0.2, 0.25) is 0 Å². The van der Waals surface area contributed by atoms with Crippen molar-refractivity contribution < 1.29 is 4.39 Å². The molecule has 1 aromatic carbocycles. The first-order chi connectivity index (χ1) is 8.84. The van der Waals surface area contributed by atoms with Crippen molar-refractivity contribution in [3.05, 3.63) is 35.6 Å². The number of hydrogen-bond acceptors (Lipinski definition) is 2. The Balaban J connectivity index is 1.54. The van der Waals surface area contributed by atoms with Gasteiger partial charge in [0.25, 0.3) is 0 Å². The van der Waals surface area contributed by atoms with Crippen LogP contribution in [-0.2, 0) is 6.42 Å². The van der Waals surface area contributed by atoms with Gasteiger partial charge >= 0.3 is 0 Å². The van der Waals surface area contributed by atoms with Gasteiger partial charge in [-0.2, -0.15) is 0 Å². The van der Waals surface area contributed by atoms with Gasteiger partial charge in [-0.15, -0.1) is 0 Å². The first-order valence-electron chi connectivity index (χ1n) is 7.03. The van der Waals surface area contributed by atoms with E-state index in [2.05, 4.69) is 10.6 Å². The smallest absolute Gasteiger partial charge is 0.123 e. The molecule has 1 heterocycles. The third-order valence-corrected chi connectivity index (χ3v) is 3.59. The van der Waals surface area contributed by atoms with E-state index >= 15 is 0 Å². The monoisotopic (exact) mass is 250 g/mol. The van der Waals surface area contributed by atoms with Crippen molar-refractivity contribution >= 4 is 0 Å². The SMILES string of the molecule is Fc1ccc(CCNCCC2CCCCN2)cc1. The summed E-state index contributed by atoms with van der Waals surface area (Å²) in [7, 11) is 0. The van der Waals surface area contributed by atoms with E-state index in [-0.39, 0.29) is 5.82 Å². The van der Waals surface area contributed by atoms with Gasteiger partial charge in [-0.3, -0.25) is 0 Å². The highest BCUT2D eigenvalue weighted by atomic mass is 19.1. The average molecular weight is 250 g/mol. The quantitative estimate of drug-likeness (QED) is 0.758. The van der Waals surface area contributed by atoms with Gasteiger partial charge in [0.15, 0.2) is 0 Å². The average Bonchev–Trinajstić information content (AvgIpc) is 2.42. The third-order valence-electron chi connectivity index (χ3n) is 3.59. The van der Waals surface area contributed by atoms with Gasteiger partial charge in [0.2, 0.25) is 0 Å². The highest BCUT2D eigenvalue weighted by molar-refractivity contribution is 5.16. The van der Waals surface area contributed by atoms with Gasteiger partial charge in [0.05, 0.1) is 0 Å². The van der Waals surface area contributed by atoms with Crippen molar-refractivity contribution in [3.63, 3.8) is 0 Å². The Labute approximate surface area is 109 Å². The molecule has 1 fully saturated rings. The van der Waals surface area contributed by atoms with Crippen molar-refractivity contribution in [3.8, 4) is 0 Å². The van der Waals surface area contributed by atoms with Crippen molar-refractivity contribution in [2.75, 3.05) is 19.6 Å². The molecular formula is C15H23FN2. The summed E-state index contributed by atoms with van der Waals surface area (Å²) < 4.78 is 12.7. The van der Waals surface area contributed by atoms with Gasteiger partial charge < -0.3 is 10.6 Å². The van der Waals surface area contributed by atoms with Crippen LogP contribution in [0.3, 0.4) is 0 Å². The van der Waals surface area contributed by atoms with E-state index in [4.69, 9.17) is 0 Å². The fourth-order valence-electron chi connectivity index (χ4n) is 2.46. The summed E-state index contributed by atoms with van der Waals surface area (Å²) in [5.74, 6) is -0.157. The number of hydrogen-bond donors (Lipinski definition) is 2. The van der Waals surface area contributed by atoms with Crippen LogP contribution in [0.4, 0.5) is 4.39 Å². The maximum atomic E-state index is 12.7. The molecule has 1 unspecified atom stereocenters. The summed E-state index contributed by atoms with van der Waals surface area (Å²) in [6, 6.07) is 7.49. The molecule has 0 aromatic heterocycles. The zero-order valence-corrected chi connectivity index (χ0v) is 10.9. The molecule has 1 aliphatic rings. The minimum atomic E-state index is -0.157. The second-order valence-corrected chi connectivity index (χ2v) is 5.06. The van der Waals surface area contributed by atoms with Crippen LogP contribution < -0.4 is 10.6 Å². The molecule has 100 valence electrons. The van der Waals surface area contributed by atoms with E-state index in [0.717, 1.165) is 19.5 Å². The lowest BCUT2D eigenvalue weighted by Gasteiger charge is -2.23.